The smallest absolute Gasteiger partial charge is 0.193 e. The van der Waals surface area contributed by atoms with Crippen molar-refractivity contribution in [2.75, 3.05) is 0 Å². The minimum Gasteiger partial charge on any atom is -0.384 e. The lowest BCUT2D eigenvalue weighted by Gasteiger charge is -2.30. The van der Waals surface area contributed by atoms with Crippen LogP contribution in [0.2, 0.25) is 0 Å². The molecule has 0 spiro atoms. The summed E-state index contributed by atoms with van der Waals surface area (Å²) in [6.45, 7) is 0. The number of rotatable bonds is 3. The number of hydrogen-bond acceptors (Lipinski definition) is 3. The predicted molar refractivity (Wildman–Crippen MR) is 94.9 cm³/mol. The van der Waals surface area contributed by atoms with E-state index < -0.39 is 12.0 Å². The van der Waals surface area contributed by atoms with Gasteiger partial charge in [-0.15, -0.1) is 0 Å². The van der Waals surface area contributed by atoms with Crippen LogP contribution in [0.1, 0.15) is 43.3 Å². The molecule has 3 aromatic rings. The van der Waals surface area contributed by atoms with Crippen LogP contribution < -0.4 is 0 Å². The second kappa shape index (κ2) is 6.11. The van der Waals surface area contributed by atoms with Crippen molar-refractivity contribution >= 4 is 11.6 Å². The molecule has 0 saturated carbocycles. The van der Waals surface area contributed by atoms with E-state index in [4.69, 9.17) is 0 Å². The summed E-state index contributed by atoms with van der Waals surface area (Å²) in [5.41, 5.74) is 2.95. The number of aliphatic hydroxyl groups is 1. The summed E-state index contributed by atoms with van der Waals surface area (Å²) < 4.78 is 0. The fourth-order valence-electron chi connectivity index (χ4n) is 3.53. The third-order valence-corrected chi connectivity index (χ3v) is 4.72. The predicted octanol–water partition coefficient (Wildman–Crippen LogP) is 3.61. The Labute approximate surface area is 145 Å². The minimum absolute atomic E-state index is 0.0678. The SMILES string of the molecule is O=C1c2ccccc2C(C(O)C(=O)c2ccccc2)c2ccccc21. The number of carbonyl (C=O) groups excluding carboxylic acids is 2. The van der Waals surface area contributed by atoms with Crippen LogP contribution in [0.3, 0.4) is 0 Å². The van der Waals surface area contributed by atoms with E-state index in [-0.39, 0.29) is 11.6 Å². The number of ketones is 2. The third kappa shape index (κ3) is 2.49. The molecule has 122 valence electrons. The van der Waals surface area contributed by atoms with Gasteiger partial charge < -0.3 is 5.11 Å². The first-order chi connectivity index (χ1) is 12.2. The molecule has 1 atom stereocenters. The normalized spacial score (nSPS) is 14.5. The number of carbonyl (C=O) groups is 2. The van der Waals surface area contributed by atoms with Gasteiger partial charge in [0.05, 0.1) is 0 Å². The highest BCUT2D eigenvalue weighted by atomic mass is 16.3. The van der Waals surface area contributed by atoms with Crippen molar-refractivity contribution in [3.63, 3.8) is 0 Å². The Morgan fingerprint density at radius 1 is 0.760 bits per heavy atom. The Hall–Kier alpha value is -3.04. The van der Waals surface area contributed by atoms with Crippen molar-refractivity contribution in [3.05, 3.63) is 107 Å². The lowest BCUT2D eigenvalue weighted by molar-refractivity contribution is 0.0709. The van der Waals surface area contributed by atoms with Crippen molar-refractivity contribution in [1.29, 1.82) is 0 Å². The average Bonchev–Trinajstić information content (AvgIpc) is 2.68. The van der Waals surface area contributed by atoms with Crippen LogP contribution >= 0.6 is 0 Å². The Bertz CT molecular complexity index is 910. The van der Waals surface area contributed by atoms with Gasteiger partial charge in [-0.3, -0.25) is 9.59 Å². The zero-order valence-corrected chi connectivity index (χ0v) is 13.4. The van der Waals surface area contributed by atoms with Crippen molar-refractivity contribution in [3.8, 4) is 0 Å². The fraction of sp³-hybridized carbons (Fsp3) is 0.0909. The van der Waals surface area contributed by atoms with Gasteiger partial charge in [-0.05, 0) is 11.1 Å². The van der Waals surface area contributed by atoms with Crippen molar-refractivity contribution < 1.29 is 14.7 Å². The van der Waals surface area contributed by atoms with E-state index in [1.54, 1.807) is 48.5 Å². The lowest BCUT2D eigenvalue weighted by atomic mass is 9.73. The van der Waals surface area contributed by atoms with E-state index in [1.807, 2.05) is 30.3 Å². The number of aliphatic hydroxyl groups excluding tert-OH is 1. The monoisotopic (exact) mass is 328 g/mol. The molecule has 0 aromatic heterocycles. The maximum atomic E-state index is 12.8. The number of benzene rings is 3. The Kier molecular flexibility index (Phi) is 3.79. The molecule has 0 radical (unpaired) electrons. The Morgan fingerprint density at radius 3 is 1.80 bits per heavy atom. The number of Topliss-reactive ketones (excluding diaryl/α,β-unsaturated/α-hetero) is 1. The fourth-order valence-corrected chi connectivity index (χ4v) is 3.53. The van der Waals surface area contributed by atoms with E-state index in [9.17, 15) is 14.7 Å². The molecular formula is C22H16O3. The maximum absolute atomic E-state index is 12.8. The first kappa shape index (κ1) is 15.5. The number of hydrogen-bond donors (Lipinski definition) is 1. The molecule has 1 N–H and O–H groups in total. The van der Waals surface area contributed by atoms with Crippen LogP contribution in [0.4, 0.5) is 0 Å². The van der Waals surface area contributed by atoms with E-state index in [0.29, 0.717) is 27.8 Å². The summed E-state index contributed by atoms with van der Waals surface area (Å²) in [7, 11) is 0. The van der Waals surface area contributed by atoms with Crippen LogP contribution in [0.15, 0.2) is 78.9 Å². The van der Waals surface area contributed by atoms with Crippen LogP contribution in [0.5, 0.6) is 0 Å². The first-order valence-electron chi connectivity index (χ1n) is 8.18. The Balaban J connectivity index is 1.86. The van der Waals surface area contributed by atoms with Crippen molar-refractivity contribution in [2.24, 2.45) is 0 Å². The summed E-state index contributed by atoms with van der Waals surface area (Å²) >= 11 is 0. The molecule has 1 unspecified atom stereocenters. The molecule has 1 aliphatic rings. The van der Waals surface area contributed by atoms with Crippen LogP contribution in [-0.2, 0) is 0 Å². The van der Waals surface area contributed by atoms with Gasteiger partial charge in [-0.2, -0.15) is 0 Å². The summed E-state index contributed by atoms with van der Waals surface area (Å²) in [5, 5.41) is 10.9. The van der Waals surface area contributed by atoms with Gasteiger partial charge in [-0.25, -0.2) is 0 Å². The van der Waals surface area contributed by atoms with Crippen molar-refractivity contribution in [2.45, 2.75) is 12.0 Å². The zero-order chi connectivity index (χ0) is 17.4. The van der Waals surface area contributed by atoms with E-state index >= 15 is 0 Å². The van der Waals surface area contributed by atoms with Gasteiger partial charge in [-0.1, -0.05) is 78.9 Å². The Morgan fingerprint density at radius 2 is 1.24 bits per heavy atom. The van der Waals surface area contributed by atoms with Gasteiger partial charge in [0.15, 0.2) is 11.6 Å². The molecule has 3 heteroatoms. The molecule has 0 bridgehead atoms. The molecule has 1 aliphatic carbocycles. The highest BCUT2D eigenvalue weighted by molar-refractivity contribution is 6.13. The molecule has 3 aromatic carbocycles. The van der Waals surface area contributed by atoms with Gasteiger partial charge in [0.1, 0.15) is 6.10 Å². The van der Waals surface area contributed by atoms with Crippen LogP contribution in [0.25, 0.3) is 0 Å². The zero-order valence-electron chi connectivity index (χ0n) is 13.4. The van der Waals surface area contributed by atoms with E-state index in [2.05, 4.69) is 0 Å². The maximum Gasteiger partial charge on any atom is 0.193 e. The number of fused-ring (bicyclic) bond motifs is 2. The van der Waals surface area contributed by atoms with Crippen LogP contribution in [0, 0.1) is 0 Å². The minimum atomic E-state index is -1.25. The van der Waals surface area contributed by atoms with E-state index in [0.717, 1.165) is 0 Å². The third-order valence-electron chi connectivity index (χ3n) is 4.72. The molecule has 25 heavy (non-hydrogen) atoms. The topological polar surface area (TPSA) is 54.4 Å². The van der Waals surface area contributed by atoms with Gasteiger partial charge in [0, 0.05) is 22.6 Å². The second-order valence-corrected chi connectivity index (χ2v) is 6.16. The summed E-state index contributed by atoms with van der Waals surface area (Å²) in [4.78, 5) is 25.6. The molecule has 0 aliphatic heterocycles. The quantitative estimate of drug-likeness (QED) is 0.747. The largest absolute Gasteiger partial charge is 0.384 e. The molecule has 3 nitrogen and oxygen atoms in total. The van der Waals surface area contributed by atoms with Crippen molar-refractivity contribution in [1.82, 2.24) is 0 Å². The summed E-state index contributed by atoms with van der Waals surface area (Å²) in [6, 6.07) is 23.1. The van der Waals surface area contributed by atoms with Gasteiger partial charge in [0.2, 0.25) is 0 Å². The van der Waals surface area contributed by atoms with Crippen LogP contribution in [-0.4, -0.2) is 22.8 Å². The summed E-state index contributed by atoms with van der Waals surface area (Å²) in [6.07, 6.45) is -1.25. The summed E-state index contributed by atoms with van der Waals surface area (Å²) in [5.74, 6) is -0.968. The van der Waals surface area contributed by atoms with Gasteiger partial charge in [0.25, 0.3) is 0 Å². The highest BCUT2D eigenvalue weighted by Crippen LogP contribution is 2.39. The standard InChI is InChI=1S/C22H16O3/c23-20(14-8-2-1-3-9-14)22(25)19-15-10-4-6-12-17(15)21(24)18-13-7-5-11-16(18)19/h1-13,19,22,25H. The lowest BCUT2D eigenvalue weighted by Crippen LogP contribution is -2.33. The van der Waals surface area contributed by atoms with Gasteiger partial charge >= 0.3 is 0 Å². The molecular weight excluding hydrogens is 312 g/mol. The second-order valence-electron chi connectivity index (χ2n) is 6.16. The van der Waals surface area contributed by atoms with E-state index in [1.165, 1.54) is 0 Å². The first-order valence-corrected chi connectivity index (χ1v) is 8.18. The molecule has 0 heterocycles. The highest BCUT2D eigenvalue weighted by Gasteiger charge is 2.37. The molecule has 0 saturated heterocycles. The molecule has 4 rings (SSSR count). The average molecular weight is 328 g/mol. The molecule has 0 amide bonds. The molecule has 0 fully saturated rings.